The minimum Gasteiger partial charge on any atom is -0.493 e. The quantitative estimate of drug-likeness (QED) is 0.561. The van der Waals surface area contributed by atoms with Crippen LogP contribution >= 0.6 is 0 Å². The van der Waals surface area contributed by atoms with E-state index in [0.29, 0.717) is 42.6 Å². The Morgan fingerprint density at radius 3 is 2.19 bits per heavy atom. The molecule has 1 amide bonds. The molecule has 8 heteroatoms. The lowest BCUT2D eigenvalue weighted by Gasteiger charge is -2.36. The Bertz CT molecular complexity index is 1140. The second-order valence-corrected chi connectivity index (χ2v) is 9.30. The smallest absolute Gasteiger partial charge is 0.253 e. The standard InChI is InChI=1S/C29H37N3O5/c1-31(2)23-11-9-20(10-12-23)17-21-7-6-8-24(27(21)32-13-15-37-16-14-32)29(33)30-22-18-25(34-3)28(36-5)26(19-22)35-4/h9-12,17-19H,6-8,13-16H2,1-5H3,(H,30,33). The summed E-state index contributed by atoms with van der Waals surface area (Å²) in [5, 5.41) is 3.08. The SMILES string of the molecule is COc1cc(NC(=O)C2=C(N3CCOCC3)C(=Cc3ccc(N(C)C)cc3)CCC2)cc(OC)c1OC. The molecule has 37 heavy (non-hydrogen) atoms. The maximum Gasteiger partial charge on any atom is 0.253 e. The van der Waals surface area contributed by atoms with Crippen LogP contribution in [0.1, 0.15) is 24.8 Å². The van der Waals surface area contributed by atoms with Crippen molar-refractivity contribution in [3.05, 3.63) is 58.8 Å². The zero-order chi connectivity index (χ0) is 26.4. The maximum atomic E-state index is 13.7. The largest absolute Gasteiger partial charge is 0.493 e. The molecule has 2 aromatic carbocycles. The molecule has 1 saturated heterocycles. The van der Waals surface area contributed by atoms with Gasteiger partial charge in [-0.1, -0.05) is 12.1 Å². The van der Waals surface area contributed by atoms with E-state index in [2.05, 4.69) is 45.5 Å². The van der Waals surface area contributed by atoms with Gasteiger partial charge >= 0.3 is 0 Å². The second-order valence-electron chi connectivity index (χ2n) is 9.30. The summed E-state index contributed by atoms with van der Waals surface area (Å²) in [6.07, 6.45) is 4.76. The Balaban J connectivity index is 1.71. The Labute approximate surface area is 219 Å². The number of rotatable bonds is 8. The molecule has 0 atom stereocenters. The molecule has 0 spiro atoms. The number of nitrogens with one attached hydrogen (secondary N) is 1. The lowest BCUT2D eigenvalue weighted by atomic mass is 9.88. The molecule has 0 radical (unpaired) electrons. The highest BCUT2D eigenvalue weighted by Gasteiger charge is 2.28. The zero-order valence-corrected chi connectivity index (χ0v) is 22.4. The Morgan fingerprint density at radius 1 is 0.973 bits per heavy atom. The summed E-state index contributed by atoms with van der Waals surface area (Å²) in [6, 6.07) is 12.0. The molecular formula is C29H37N3O5. The van der Waals surface area contributed by atoms with Crippen molar-refractivity contribution in [3.63, 3.8) is 0 Å². The van der Waals surface area contributed by atoms with Gasteiger partial charge in [0, 0.05) is 62.0 Å². The van der Waals surface area contributed by atoms with E-state index in [-0.39, 0.29) is 5.91 Å². The van der Waals surface area contributed by atoms with Gasteiger partial charge in [0.05, 0.1) is 34.5 Å². The number of carbonyl (C=O) groups is 1. The number of anilines is 2. The number of ether oxygens (including phenoxy) is 4. The molecule has 2 aromatic rings. The fraction of sp³-hybridized carbons (Fsp3) is 0.414. The maximum absolute atomic E-state index is 13.7. The van der Waals surface area contributed by atoms with E-state index >= 15 is 0 Å². The van der Waals surface area contributed by atoms with Gasteiger partial charge in [0.25, 0.3) is 5.91 Å². The molecule has 0 aromatic heterocycles. The molecular weight excluding hydrogens is 470 g/mol. The number of morpholine rings is 1. The van der Waals surface area contributed by atoms with Crippen LogP contribution in [0.15, 0.2) is 53.2 Å². The Kier molecular flexibility index (Phi) is 8.61. The number of hydrogen-bond donors (Lipinski definition) is 1. The molecule has 0 bridgehead atoms. The average Bonchev–Trinajstić information content (AvgIpc) is 2.93. The number of allylic oxidation sites excluding steroid dienone is 1. The first kappa shape index (κ1) is 26.4. The number of carbonyl (C=O) groups excluding carboxylic acids is 1. The summed E-state index contributed by atoms with van der Waals surface area (Å²) in [5.41, 5.74) is 5.86. The first-order chi connectivity index (χ1) is 17.9. The molecule has 4 rings (SSSR count). The third-order valence-electron chi connectivity index (χ3n) is 6.74. The first-order valence-corrected chi connectivity index (χ1v) is 12.6. The monoisotopic (exact) mass is 507 g/mol. The van der Waals surface area contributed by atoms with Gasteiger partial charge < -0.3 is 34.1 Å². The minimum atomic E-state index is -0.121. The number of nitrogens with zero attached hydrogens (tertiary/aromatic N) is 2. The number of benzene rings is 2. The molecule has 198 valence electrons. The van der Waals surface area contributed by atoms with Gasteiger partial charge in [-0.05, 0) is 48.6 Å². The normalized spacial score (nSPS) is 17.0. The van der Waals surface area contributed by atoms with Gasteiger partial charge in [-0.15, -0.1) is 0 Å². The third kappa shape index (κ3) is 6.02. The van der Waals surface area contributed by atoms with Crippen molar-refractivity contribution in [1.29, 1.82) is 0 Å². The summed E-state index contributed by atoms with van der Waals surface area (Å²) in [5.74, 6) is 1.35. The molecule has 0 saturated carbocycles. The zero-order valence-electron chi connectivity index (χ0n) is 22.4. The van der Waals surface area contributed by atoms with Crippen LogP contribution in [-0.4, -0.2) is 72.5 Å². The highest BCUT2D eigenvalue weighted by atomic mass is 16.5. The number of methoxy groups -OCH3 is 3. The summed E-state index contributed by atoms with van der Waals surface area (Å²) in [7, 11) is 8.75. The molecule has 2 aliphatic rings. The predicted octanol–water partition coefficient (Wildman–Crippen LogP) is 4.57. The second kappa shape index (κ2) is 12.1. The van der Waals surface area contributed by atoms with Crippen molar-refractivity contribution in [1.82, 2.24) is 4.90 Å². The molecule has 1 fully saturated rings. The summed E-state index contributed by atoms with van der Waals surface area (Å²) < 4.78 is 22.0. The predicted molar refractivity (Wildman–Crippen MR) is 147 cm³/mol. The molecule has 1 heterocycles. The average molecular weight is 508 g/mol. The van der Waals surface area contributed by atoms with Crippen LogP contribution in [0.4, 0.5) is 11.4 Å². The van der Waals surface area contributed by atoms with Crippen molar-refractivity contribution in [3.8, 4) is 17.2 Å². The van der Waals surface area contributed by atoms with E-state index in [1.165, 1.54) is 5.57 Å². The molecule has 0 unspecified atom stereocenters. The van der Waals surface area contributed by atoms with Gasteiger partial charge in [0.2, 0.25) is 5.75 Å². The van der Waals surface area contributed by atoms with E-state index in [1.54, 1.807) is 33.5 Å². The Morgan fingerprint density at radius 2 is 1.62 bits per heavy atom. The summed E-state index contributed by atoms with van der Waals surface area (Å²) in [4.78, 5) is 18.1. The van der Waals surface area contributed by atoms with Crippen molar-refractivity contribution in [2.75, 3.05) is 71.9 Å². The van der Waals surface area contributed by atoms with Crippen molar-refractivity contribution in [2.24, 2.45) is 0 Å². The lowest BCUT2D eigenvalue weighted by Crippen LogP contribution is -2.38. The third-order valence-corrected chi connectivity index (χ3v) is 6.74. The van der Waals surface area contributed by atoms with Crippen LogP contribution in [0.25, 0.3) is 6.08 Å². The van der Waals surface area contributed by atoms with Crippen LogP contribution in [0.5, 0.6) is 17.2 Å². The highest BCUT2D eigenvalue weighted by molar-refractivity contribution is 6.05. The lowest BCUT2D eigenvalue weighted by molar-refractivity contribution is -0.113. The van der Waals surface area contributed by atoms with E-state index in [4.69, 9.17) is 18.9 Å². The van der Waals surface area contributed by atoms with Crippen LogP contribution in [0, 0.1) is 0 Å². The van der Waals surface area contributed by atoms with Gasteiger partial charge in [0.1, 0.15) is 0 Å². The first-order valence-electron chi connectivity index (χ1n) is 12.6. The molecule has 1 aliphatic heterocycles. The highest BCUT2D eigenvalue weighted by Crippen LogP contribution is 2.41. The summed E-state index contributed by atoms with van der Waals surface area (Å²) >= 11 is 0. The van der Waals surface area contributed by atoms with Crippen molar-refractivity contribution in [2.45, 2.75) is 19.3 Å². The molecule has 1 N–H and O–H groups in total. The van der Waals surface area contributed by atoms with E-state index in [9.17, 15) is 4.79 Å². The fourth-order valence-corrected chi connectivity index (χ4v) is 4.86. The van der Waals surface area contributed by atoms with Crippen LogP contribution < -0.4 is 24.4 Å². The molecule has 1 aliphatic carbocycles. The minimum absolute atomic E-state index is 0.121. The van der Waals surface area contributed by atoms with Crippen LogP contribution in [-0.2, 0) is 9.53 Å². The summed E-state index contributed by atoms with van der Waals surface area (Å²) in [6.45, 7) is 2.81. The fourth-order valence-electron chi connectivity index (χ4n) is 4.86. The van der Waals surface area contributed by atoms with E-state index in [1.807, 2.05) is 14.1 Å². The van der Waals surface area contributed by atoms with Crippen molar-refractivity contribution < 1.29 is 23.7 Å². The van der Waals surface area contributed by atoms with Crippen LogP contribution in [0.3, 0.4) is 0 Å². The van der Waals surface area contributed by atoms with E-state index in [0.717, 1.165) is 48.5 Å². The number of amides is 1. The van der Waals surface area contributed by atoms with Gasteiger partial charge in [-0.2, -0.15) is 0 Å². The van der Waals surface area contributed by atoms with Gasteiger partial charge in [-0.3, -0.25) is 4.79 Å². The topological polar surface area (TPSA) is 72.5 Å². The van der Waals surface area contributed by atoms with Crippen molar-refractivity contribution >= 4 is 23.4 Å². The number of hydrogen-bond acceptors (Lipinski definition) is 7. The van der Waals surface area contributed by atoms with Gasteiger partial charge in [-0.25, -0.2) is 0 Å². The van der Waals surface area contributed by atoms with Crippen LogP contribution in [0.2, 0.25) is 0 Å². The molecule has 8 nitrogen and oxygen atoms in total. The van der Waals surface area contributed by atoms with Gasteiger partial charge in [0.15, 0.2) is 11.5 Å². The van der Waals surface area contributed by atoms with E-state index < -0.39 is 0 Å². The Hall–Kier alpha value is -3.65.